The van der Waals surface area contributed by atoms with Crippen LogP contribution in [-0.4, -0.2) is 41.7 Å². The Morgan fingerprint density at radius 1 is 1.50 bits per heavy atom. The summed E-state index contributed by atoms with van der Waals surface area (Å²) in [4.78, 5) is 18.1. The molecule has 88 valence electrons. The molecule has 1 aromatic rings. The van der Waals surface area contributed by atoms with Crippen molar-refractivity contribution in [2.24, 2.45) is 0 Å². The number of imidazole rings is 1. The van der Waals surface area contributed by atoms with Gasteiger partial charge in [0.15, 0.2) is 0 Å². The number of aromatic amines is 1. The maximum absolute atomic E-state index is 11.3. The van der Waals surface area contributed by atoms with E-state index in [0.717, 1.165) is 10.00 Å². The predicted molar refractivity (Wildman–Crippen MR) is 55.5 cm³/mol. The van der Waals surface area contributed by atoms with Crippen molar-refractivity contribution < 1.29 is 13.2 Å². The van der Waals surface area contributed by atoms with Gasteiger partial charge < -0.3 is 4.98 Å². The normalized spacial score (nSPS) is 19.2. The lowest BCUT2D eigenvalue weighted by Crippen LogP contribution is -2.33. The molecule has 0 unspecified atom stereocenters. The minimum absolute atomic E-state index is 0.134. The van der Waals surface area contributed by atoms with Crippen LogP contribution in [0.3, 0.4) is 0 Å². The highest BCUT2D eigenvalue weighted by molar-refractivity contribution is 7.88. The van der Waals surface area contributed by atoms with Crippen LogP contribution in [0.5, 0.6) is 0 Å². The molecule has 8 heteroatoms. The van der Waals surface area contributed by atoms with Gasteiger partial charge in [0.05, 0.1) is 18.6 Å². The van der Waals surface area contributed by atoms with E-state index in [1.54, 1.807) is 12.5 Å². The standard InChI is InChI=1S/C8H12N4O3S/c13-8-5-11-16(14,15)12(8)3-1-2-7-4-9-6-10-7/h4,6,11H,1-3,5H2,(H,9,10). The van der Waals surface area contributed by atoms with Gasteiger partial charge in [-0.25, -0.2) is 9.29 Å². The minimum atomic E-state index is -3.57. The summed E-state index contributed by atoms with van der Waals surface area (Å²) in [5, 5.41) is 0. The molecule has 1 aliphatic rings. The quantitative estimate of drug-likeness (QED) is 0.711. The van der Waals surface area contributed by atoms with E-state index in [4.69, 9.17) is 0 Å². The van der Waals surface area contributed by atoms with Crippen molar-refractivity contribution in [3.63, 3.8) is 0 Å². The lowest BCUT2D eigenvalue weighted by Gasteiger charge is -2.12. The van der Waals surface area contributed by atoms with E-state index >= 15 is 0 Å². The van der Waals surface area contributed by atoms with Crippen LogP contribution in [0.1, 0.15) is 12.1 Å². The number of carbonyl (C=O) groups is 1. The van der Waals surface area contributed by atoms with Crippen LogP contribution < -0.4 is 4.72 Å². The van der Waals surface area contributed by atoms with Gasteiger partial charge >= 0.3 is 10.2 Å². The second kappa shape index (κ2) is 4.22. The Kier molecular flexibility index (Phi) is 2.92. The summed E-state index contributed by atoms with van der Waals surface area (Å²) < 4.78 is 25.7. The second-order valence-corrected chi connectivity index (χ2v) is 5.14. The molecule has 7 nitrogen and oxygen atoms in total. The highest BCUT2D eigenvalue weighted by atomic mass is 32.2. The molecule has 0 spiro atoms. The highest BCUT2D eigenvalue weighted by Gasteiger charge is 2.33. The SMILES string of the molecule is O=C1CNS(=O)(=O)N1CCCc1c[nH]cn1. The van der Waals surface area contributed by atoms with Crippen molar-refractivity contribution in [2.75, 3.05) is 13.1 Å². The van der Waals surface area contributed by atoms with Gasteiger partial charge in [-0.05, 0) is 12.8 Å². The van der Waals surface area contributed by atoms with Crippen molar-refractivity contribution in [2.45, 2.75) is 12.8 Å². The zero-order valence-electron chi connectivity index (χ0n) is 8.51. The van der Waals surface area contributed by atoms with Crippen molar-refractivity contribution in [3.8, 4) is 0 Å². The third kappa shape index (κ3) is 2.22. The van der Waals surface area contributed by atoms with Crippen molar-refractivity contribution in [3.05, 3.63) is 18.2 Å². The summed E-state index contributed by atoms with van der Waals surface area (Å²) in [6.07, 6.45) is 4.52. The lowest BCUT2D eigenvalue weighted by atomic mass is 10.2. The number of nitrogens with zero attached hydrogens (tertiary/aromatic N) is 2. The molecular formula is C8H12N4O3S. The number of carbonyl (C=O) groups excluding carboxylic acids is 1. The Morgan fingerprint density at radius 3 is 2.88 bits per heavy atom. The molecule has 0 bridgehead atoms. The second-order valence-electron chi connectivity index (χ2n) is 3.46. The van der Waals surface area contributed by atoms with Crippen LogP contribution in [0.25, 0.3) is 0 Å². The molecule has 2 rings (SSSR count). The third-order valence-electron chi connectivity index (χ3n) is 2.32. The lowest BCUT2D eigenvalue weighted by molar-refractivity contribution is -0.124. The Labute approximate surface area is 93.0 Å². The summed E-state index contributed by atoms with van der Waals surface area (Å²) in [5.41, 5.74) is 0.858. The zero-order chi connectivity index (χ0) is 11.6. The molecule has 0 atom stereocenters. The van der Waals surface area contributed by atoms with Crippen LogP contribution in [0.2, 0.25) is 0 Å². The van der Waals surface area contributed by atoms with E-state index in [9.17, 15) is 13.2 Å². The zero-order valence-corrected chi connectivity index (χ0v) is 9.33. The Hall–Kier alpha value is -1.41. The molecular weight excluding hydrogens is 232 g/mol. The average Bonchev–Trinajstić information content (AvgIpc) is 2.81. The first-order valence-corrected chi connectivity index (χ1v) is 6.31. The van der Waals surface area contributed by atoms with E-state index < -0.39 is 16.1 Å². The molecule has 2 N–H and O–H groups in total. The van der Waals surface area contributed by atoms with Gasteiger partial charge in [0.25, 0.3) is 5.91 Å². The van der Waals surface area contributed by atoms with Gasteiger partial charge in [-0.15, -0.1) is 0 Å². The van der Waals surface area contributed by atoms with Crippen LogP contribution in [0.15, 0.2) is 12.5 Å². The first-order chi connectivity index (χ1) is 7.59. The number of amides is 1. The van der Waals surface area contributed by atoms with Gasteiger partial charge in [-0.3, -0.25) is 4.79 Å². The summed E-state index contributed by atoms with van der Waals surface area (Å²) in [6, 6.07) is 0. The van der Waals surface area contributed by atoms with E-state index in [1.807, 2.05) is 0 Å². The summed E-state index contributed by atoms with van der Waals surface area (Å²) >= 11 is 0. The topological polar surface area (TPSA) is 95.2 Å². The summed E-state index contributed by atoms with van der Waals surface area (Å²) in [6.45, 7) is 0.0613. The number of hydrogen-bond donors (Lipinski definition) is 2. The number of H-pyrrole nitrogens is 1. The van der Waals surface area contributed by atoms with Gasteiger partial charge in [-0.2, -0.15) is 13.1 Å². The third-order valence-corrected chi connectivity index (χ3v) is 3.80. The number of hydrogen-bond acceptors (Lipinski definition) is 4. The molecule has 0 aromatic carbocycles. The van der Waals surface area contributed by atoms with Gasteiger partial charge in [0.1, 0.15) is 0 Å². The summed E-state index contributed by atoms with van der Waals surface area (Å²) in [5.74, 6) is -0.401. The fraction of sp³-hybridized carbons (Fsp3) is 0.500. The highest BCUT2D eigenvalue weighted by Crippen LogP contribution is 2.08. The largest absolute Gasteiger partial charge is 0.351 e. The number of nitrogens with one attached hydrogen (secondary N) is 2. The number of aromatic nitrogens is 2. The molecule has 1 amide bonds. The van der Waals surface area contributed by atoms with Gasteiger partial charge in [0.2, 0.25) is 0 Å². The minimum Gasteiger partial charge on any atom is -0.351 e. The molecule has 0 saturated carbocycles. The van der Waals surface area contributed by atoms with E-state index in [2.05, 4.69) is 14.7 Å². The fourth-order valence-corrected chi connectivity index (χ4v) is 2.69. The Balaban J connectivity index is 1.88. The maximum atomic E-state index is 11.3. The number of rotatable bonds is 4. The molecule has 1 aromatic heterocycles. The van der Waals surface area contributed by atoms with E-state index in [-0.39, 0.29) is 13.1 Å². The molecule has 2 heterocycles. The molecule has 1 fully saturated rings. The molecule has 16 heavy (non-hydrogen) atoms. The van der Waals surface area contributed by atoms with E-state index in [1.165, 1.54) is 0 Å². The monoisotopic (exact) mass is 244 g/mol. The van der Waals surface area contributed by atoms with Crippen molar-refractivity contribution in [1.29, 1.82) is 0 Å². The molecule has 0 aliphatic carbocycles. The van der Waals surface area contributed by atoms with Crippen LogP contribution in [-0.2, 0) is 21.4 Å². The average molecular weight is 244 g/mol. The van der Waals surface area contributed by atoms with Crippen molar-refractivity contribution in [1.82, 2.24) is 19.0 Å². The first-order valence-electron chi connectivity index (χ1n) is 4.87. The Morgan fingerprint density at radius 2 is 2.31 bits per heavy atom. The van der Waals surface area contributed by atoms with Crippen molar-refractivity contribution >= 4 is 16.1 Å². The fourth-order valence-electron chi connectivity index (χ4n) is 1.53. The molecule has 0 radical (unpaired) electrons. The van der Waals surface area contributed by atoms with Crippen LogP contribution in [0, 0.1) is 0 Å². The smallest absolute Gasteiger partial charge is 0.304 e. The van der Waals surface area contributed by atoms with E-state index in [0.29, 0.717) is 12.8 Å². The number of aryl methyl sites for hydroxylation is 1. The maximum Gasteiger partial charge on any atom is 0.304 e. The first kappa shape index (κ1) is 11.1. The predicted octanol–water partition coefficient (Wildman–Crippen LogP) is -0.981. The van der Waals surface area contributed by atoms with Crippen LogP contribution in [0.4, 0.5) is 0 Å². The molecule has 1 aliphatic heterocycles. The molecule has 1 saturated heterocycles. The van der Waals surface area contributed by atoms with Gasteiger partial charge in [0, 0.05) is 12.7 Å². The Bertz CT molecular complexity index is 467. The van der Waals surface area contributed by atoms with Crippen LogP contribution >= 0.6 is 0 Å². The summed E-state index contributed by atoms with van der Waals surface area (Å²) in [7, 11) is -3.57. The van der Waals surface area contributed by atoms with Gasteiger partial charge in [-0.1, -0.05) is 0 Å².